The summed E-state index contributed by atoms with van der Waals surface area (Å²) in [5.41, 5.74) is -0.523. The van der Waals surface area contributed by atoms with Crippen LogP contribution in [0, 0.1) is 16.7 Å². The number of nitrogens with zero attached hydrogens (tertiary/aromatic N) is 10. The van der Waals surface area contributed by atoms with Crippen molar-refractivity contribution in [2.45, 2.75) is 233 Å². The summed E-state index contributed by atoms with van der Waals surface area (Å²) in [4.78, 5) is 177. The Morgan fingerprint density at radius 2 is 0.876 bits per heavy atom. The Morgan fingerprint density at radius 1 is 0.488 bits per heavy atom. The van der Waals surface area contributed by atoms with Crippen molar-refractivity contribution < 1.29 is 91.1 Å². The third-order valence-corrected chi connectivity index (χ3v) is 22.6. The van der Waals surface area contributed by atoms with Gasteiger partial charge in [0.1, 0.15) is 108 Å². The minimum absolute atomic E-state index is 0.0452. The van der Waals surface area contributed by atoms with E-state index in [0.29, 0.717) is 40.3 Å². The molecule has 0 radical (unpaired) electrons. The maximum atomic E-state index is 15.9. The third-order valence-electron chi connectivity index (χ3n) is 22.6. The molecule has 34 heteroatoms. The van der Waals surface area contributed by atoms with Crippen LogP contribution in [0.25, 0.3) is 21.5 Å². The second-order valence-corrected chi connectivity index (χ2v) is 37.1. The molecule has 129 heavy (non-hydrogen) atoms. The van der Waals surface area contributed by atoms with E-state index in [2.05, 4.69) is 53.8 Å². The monoisotopic (exact) mass is 1780 g/mol. The number of carbonyl (C=O) groups is 12. The Kier molecular flexibility index (Phi) is 31.9. The zero-order valence-corrected chi connectivity index (χ0v) is 76.6. The van der Waals surface area contributed by atoms with Crippen LogP contribution in [-0.2, 0) is 106 Å². The summed E-state index contributed by atoms with van der Waals surface area (Å²) in [5.74, 6) is -7.21. The van der Waals surface area contributed by atoms with E-state index in [1.807, 2.05) is 91.0 Å². The molecule has 6 N–H and O–H groups in total. The van der Waals surface area contributed by atoms with Gasteiger partial charge in [0.15, 0.2) is 0 Å². The number of likely N-dealkylation sites (tertiary alicyclic amines) is 2. The summed E-state index contributed by atoms with van der Waals surface area (Å²) in [5, 5.41) is 46.2. The number of carbonyl (C=O) groups excluding carboxylic acids is 11. The molecule has 4 heterocycles. The summed E-state index contributed by atoms with van der Waals surface area (Å²) >= 11 is 0. The molecule has 2 aliphatic rings. The average Bonchev–Trinajstić information content (AvgIpc) is 1.63. The summed E-state index contributed by atoms with van der Waals surface area (Å²) < 4.78 is 36.9. The van der Waals surface area contributed by atoms with Crippen molar-refractivity contribution in [2.75, 3.05) is 40.9 Å². The molecule has 0 aliphatic carbocycles. The van der Waals surface area contributed by atoms with Crippen LogP contribution in [0.2, 0.25) is 0 Å². The van der Waals surface area contributed by atoms with Gasteiger partial charge in [-0.3, -0.25) is 48.2 Å². The van der Waals surface area contributed by atoms with Gasteiger partial charge < -0.3 is 69.9 Å². The molecular formula is C95H121N15O19. The van der Waals surface area contributed by atoms with Gasteiger partial charge in [0.2, 0.25) is 41.4 Å². The largest absolute Gasteiger partial charge is 0.487 e. The fourth-order valence-electron chi connectivity index (χ4n) is 15.3. The Bertz CT molecular complexity index is 5380. The van der Waals surface area contributed by atoms with Crippen LogP contribution < -0.4 is 36.1 Å². The van der Waals surface area contributed by atoms with Gasteiger partial charge in [0, 0.05) is 46.4 Å². The molecule has 0 unspecified atom stereocenters. The maximum absolute atomic E-state index is 15.9. The first-order valence-corrected chi connectivity index (χ1v) is 43.1. The Labute approximate surface area is 751 Å². The van der Waals surface area contributed by atoms with E-state index in [1.165, 1.54) is 60.3 Å². The van der Waals surface area contributed by atoms with Gasteiger partial charge in [-0.15, -0.1) is 10.2 Å². The predicted octanol–water partition coefficient (Wildman–Crippen LogP) is 9.54. The molecular weight excluding hydrogens is 1660 g/mol. The Morgan fingerprint density at radius 3 is 1.27 bits per heavy atom. The van der Waals surface area contributed by atoms with Crippen molar-refractivity contribution in [2.24, 2.45) is 16.7 Å². The van der Waals surface area contributed by atoms with Gasteiger partial charge >= 0.3 is 30.1 Å². The van der Waals surface area contributed by atoms with E-state index in [-0.39, 0.29) is 82.6 Å². The molecule has 8 aromatic rings. The number of likely N-dealkylation sites (N-methyl/N-ethyl adjacent to an activating group) is 2. The zero-order chi connectivity index (χ0) is 94.3. The first-order chi connectivity index (χ1) is 60.8. The first kappa shape index (κ1) is 97.9. The Hall–Kier alpha value is -13.3. The van der Waals surface area contributed by atoms with E-state index < -0.39 is 154 Å². The highest BCUT2D eigenvalue weighted by molar-refractivity contribution is 5.99. The number of methoxy groups -OCH3 is 1. The second-order valence-electron chi connectivity index (χ2n) is 37.1. The van der Waals surface area contributed by atoms with Crippen LogP contribution >= 0.6 is 0 Å². The second kappa shape index (κ2) is 42.1. The van der Waals surface area contributed by atoms with Crippen molar-refractivity contribution in [1.29, 1.82) is 0 Å². The van der Waals surface area contributed by atoms with Crippen molar-refractivity contribution in [3.05, 3.63) is 192 Å². The van der Waals surface area contributed by atoms with Gasteiger partial charge in [-0.1, -0.05) is 181 Å². The molecule has 690 valence electrons. The lowest BCUT2D eigenvalue weighted by Gasteiger charge is -2.37. The number of hydrogen-bond donors (Lipinski definition) is 6. The van der Waals surface area contributed by atoms with Crippen molar-refractivity contribution in [1.82, 2.24) is 76.2 Å². The fourth-order valence-corrected chi connectivity index (χ4v) is 15.3. The number of carboxylic acid groups (broad SMARTS) is 1. The number of hydrogen-bond acceptors (Lipinski definition) is 22. The molecule has 34 nitrogen and oxygen atoms in total. The van der Waals surface area contributed by atoms with E-state index in [9.17, 15) is 38.7 Å². The molecule has 2 aliphatic heterocycles. The van der Waals surface area contributed by atoms with Crippen LogP contribution in [0.1, 0.15) is 162 Å². The zero-order valence-electron chi connectivity index (χ0n) is 76.6. The fraction of sp³-hybridized carbons (Fsp3) is 0.474. The lowest BCUT2D eigenvalue weighted by atomic mass is 9.85. The number of nitrogens with one attached hydrogen (secondary N) is 5. The first-order valence-electron chi connectivity index (χ1n) is 43.1. The highest BCUT2D eigenvalue weighted by atomic mass is 16.6. The molecule has 12 atom stereocenters. The molecule has 10 rings (SSSR count). The number of aliphatic carboxylic acids is 1. The Balaban J connectivity index is 0.898. The minimum atomic E-state index is -1.47. The van der Waals surface area contributed by atoms with Gasteiger partial charge in [0.05, 0.1) is 37.5 Å². The van der Waals surface area contributed by atoms with E-state index in [1.54, 1.807) is 145 Å². The average molecular weight is 1780 g/mol. The number of carboxylic acids is 1. The molecule has 6 aromatic carbocycles. The van der Waals surface area contributed by atoms with Gasteiger partial charge in [-0.2, -0.15) is 0 Å². The number of aromatic nitrogens is 6. The van der Waals surface area contributed by atoms with Crippen LogP contribution in [0.15, 0.2) is 159 Å². The summed E-state index contributed by atoms with van der Waals surface area (Å²) in [6, 6.07) is 26.0. The quantitative estimate of drug-likeness (QED) is 0.0122. The van der Waals surface area contributed by atoms with Crippen LogP contribution in [0.3, 0.4) is 0 Å². The van der Waals surface area contributed by atoms with Crippen LogP contribution in [-0.4, -0.2) is 233 Å². The lowest BCUT2D eigenvalue weighted by molar-refractivity contribution is -0.147. The van der Waals surface area contributed by atoms with Crippen LogP contribution in [0.4, 0.5) is 9.59 Å². The van der Waals surface area contributed by atoms with E-state index in [4.69, 9.17) is 28.4 Å². The summed E-state index contributed by atoms with van der Waals surface area (Å²) in [7, 11) is 4.14. The predicted molar refractivity (Wildman–Crippen MR) is 478 cm³/mol. The van der Waals surface area contributed by atoms with Crippen LogP contribution in [0.5, 0.6) is 11.5 Å². The maximum Gasteiger partial charge on any atom is 0.410 e. The van der Waals surface area contributed by atoms with Crippen molar-refractivity contribution in [3.8, 4) is 11.5 Å². The topological polar surface area (TPSA) is 415 Å². The van der Waals surface area contributed by atoms with E-state index >= 15 is 24.0 Å². The number of rotatable bonds is 35. The minimum Gasteiger partial charge on any atom is -0.487 e. The number of fused-ring (bicyclic) bond motifs is 2. The third kappa shape index (κ3) is 26.0. The molecule has 2 fully saturated rings. The number of benzene rings is 6. The lowest BCUT2D eigenvalue weighted by Crippen LogP contribution is -2.62. The molecule has 0 saturated carbocycles. The molecule has 0 bridgehead atoms. The van der Waals surface area contributed by atoms with E-state index in [0.717, 1.165) is 36.9 Å². The normalized spacial score (nSPS) is 17.2. The van der Waals surface area contributed by atoms with Crippen molar-refractivity contribution >= 4 is 93.0 Å². The summed E-state index contributed by atoms with van der Waals surface area (Å²) in [6.45, 7) is 28.4. The smallest absolute Gasteiger partial charge is 0.410 e. The highest BCUT2D eigenvalue weighted by Crippen LogP contribution is 2.36. The highest BCUT2D eigenvalue weighted by Gasteiger charge is 2.51. The number of ether oxygens (including phenoxy) is 6. The van der Waals surface area contributed by atoms with Gasteiger partial charge in [-0.25, -0.2) is 28.5 Å². The molecule has 9 amide bonds. The summed E-state index contributed by atoms with van der Waals surface area (Å²) in [6.07, 6.45) is 3.22. The molecule has 2 saturated heterocycles. The number of amides is 9. The van der Waals surface area contributed by atoms with Gasteiger partial charge in [0.25, 0.3) is 0 Å². The van der Waals surface area contributed by atoms with Gasteiger partial charge in [-0.05, 0) is 154 Å². The standard InChI is InChI=1S/C95H121N15O19/c1-20-45-125-89(121)73(49-60-33-39-70(40-34-60)127-55-68-53-110(104-102-68)75-42-44-108(86(117)79(93(8,9)10)100-81(112)58(4)106(18)91(123)129-95(14,15)16)77(75)84(115)97-72(87(118)119)51-62-30-36-64-26-22-24-28-66(64)48-62)98-82(113)71(50-61-29-35-63-25-21-23-27-65(63)47-61)96-83(114)76-74(109-52-67(101-103-109)54-126-69-37-31-59(32-38-69)46-56(2)88(120)124-19)41-43-107(76)85(116)78(92(5,6)7)99-80(111)57(3)105(17)90(122)128-94(11,12)13/h20-40,47-48,52-53,56-58,71-79H,1,41-46,49-51,54-55H2,2-19H3,(H,96,114)(H,97,115)(H,98,113)(H,99,111)(H,100,112)(H,118,119)/t56-,57-,58-,71-,72-,73-,74+,75+,76-,77-,78+,79+/m0/s1. The van der Waals surface area contributed by atoms with Crippen molar-refractivity contribution in [3.63, 3.8) is 0 Å². The molecule has 0 spiro atoms. The SMILES string of the molecule is C=CCOC(=O)[C@H](Cc1ccc(OCc2cn([C@@H]3CCN(C(=O)[C@@H](NC(=O)[C@H](C)N(C)C(=O)OC(C)(C)C)C(C)(C)C)[C@@H]3C(=O)N[C@@H](Cc3ccc4ccccc4c3)C(=O)O)nn2)cc1)NC(=O)[C@H](Cc1ccc2ccccc2c1)NC(=O)[C@@H]1[C@H](n2cc(COc3ccc(C[C@H](C)C(=O)OC)cc3)nn2)CCN1C(=O)[C@@H](NC(=O)[C@H](C)N(C)C(=O)OC(C)(C)C)C(C)(C)C. The molecule has 2 aromatic heterocycles. The number of esters is 2.